The van der Waals surface area contributed by atoms with Gasteiger partial charge in [0, 0.05) is 18.0 Å². The van der Waals surface area contributed by atoms with Crippen molar-refractivity contribution in [2.24, 2.45) is 0 Å². The normalized spacial score (nSPS) is 19.7. The number of methoxy groups -OCH3 is 1. The number of cyclic esters (lactones) is 1. The van der Waals surface area contributed by atoms with Gasteiger partial charge in [0.15, 0.2) is 0 Å². The first-order valence-electron chi connectivity index (χ1n) is 4.33. The smallest absolute Gasteiger partial charge is 0.343 e. The Morgan fingerprint density at radius 3 is 3.00 bits per heavy atom. The van der Waals surface area contributed by atoms with E-state index < -0.39 is 18.1 Å². The molecule has 0 saturated heterocycles. The second-order valence-electron chi connectivity index (χ2n) is 3.20. The fraction of sp³-hybridized carbons (Fsp3) is 0.300. The maximum atomic E-state index is 13.4. The average Bonchev–Trinajstić information content (AvgIpc) is 2.15. The van der Waals surface area contributed by atoms with Crippen molar-refractivity contribution in [2.75, 3.05) is 7.11 Å². The van der Waals surface area contributed by atoms with Gasteiger partial charge in [-0.3, -0.25) is 0 Å². The molecule has 0 radical (unpaired) electrons. The molecule has 0 bridgehead atoms. The van der Waals surface area contributed by atoms with Crippen LogP contribution in [0.5, 0.6) is 0 Å². The van der Waals surface area contributed by atoms with Gasteiger partial charge >= 0.3 is 5.97 Å². The number of carbonyl (C=O) groups excluding carboxylic acids is 1. The van der Waals surface area contributed by atoms with Crippen molar-refractivity contribution in [3.05, 3.63) is 33.5 Å². The Labute approximate surface area is 94.3 Å². The maximum absolute atomic E-state index is 13.4. The van der Waals surface area contributed by atoms with Crippen LogP contribution in [-0.2, 0) is 15.9 Å². The van der Waals surface area contributed by atoms with Gasteiger partial charge in [-0.1, -0.05) is 15.9 Å². The first kappa shape index (κ1) is 10.6. The highest BCUT2D eigenvalue weighted by Gasteiger charge is 2.29. The van der Waals surface area contributed by atoms with E-state index in [-0.39, 0.29) is 5.56 Å². The molecule has 15 heavy (non-hydrogen) atoms. The predicted octanol–water partition coefficient (Wildman–Crippen LogP) is 2.27. The second-order valence-corrected chi connectivity index (χ2v) is 4.11. The summed E-state index contributed by atoms with van der Waals surface area (Å²) in [5, 5.41) is 0. The molecular weight excluding hydrogens is 267 g/mol. The topological polar surface area (TPSA) is 35.5 Å². The van der Waals surface area contributed by atoms with Crippen LogP contribution in [0.4, 0.5) is 4.39 Å². The van der Waals surface area contributed by atoms with Gasteiger partial charge in [0.2, 0.25) is 6.29 Å². The minimum absolute atomic E-state index is 0.00602. The van der Waals surface area contributed by atoms with E-state index in [0.29, 0.717) is 16.5 Å². The lowest BCUT2D eigenvalue weighted by Crippen LogP contribution is -2.29. The van der Waals surface area contributed by atoms with Crippen LogP contribution >= 0.6 is 15.9 Å². The van der Waals surface area contributed by atoms with Gasteiger partial charge in [0.25, 0.3) is 0 Å². The molecule has 0 spiro atoms. The molecule has 1 aromatic carbocycles. The zero-order valence-electron chi connectivity index (χ0n) is 7.92. The van der Waals surface area contributed by atoms with E-state index in [2.05, 4.69) is 15.9 Å². The van der Waals surface area contributed by atoms with Gasteiger partial charge in [-0.2, -0.15) is 0 Å². The summed E-state index contributed by atoms with van der Waals surface area (Å²) in [6.07, 6.45) is -0.257. The van der Waals surface area contributed by atoms with Crippen molar-refractivity contribution in [1.29, 1.82) is 0 Å². The Kier molecular flexibility index (Phi) is 2.75. The summed E-state index contributed by atoms with van der Waals surface area (Å²) in [6.45, 7) is 0. The van der Waals surface area contributed by atoms with Crippen molar-refractivity contribution < 1.29 is 18.7 Å². The Morgan fingerprint density at radius 1 is 1.60 bits per heavy atom. The third kappa shape index (κ3) is 1.89. The third-order valence-corrected chi connectivity index (χ3v) is 2.69. The third-order valence-electron chi connectivity index (χ3n) is 2.23. The molecule has 1 unspecified atom stereocenters. The molecule has 0 N–H and O–H groups in total. The van der Waals surface area contributed by atoms with E-state index in [4.69, 9.17) is 9.47 Å². The van der Waals surface area contributed by atoms with Crippen LogP contribution in [-0.4, -0.2) is 19.4 Å². The van der Waals surface area contributed by atoms with E-state index in [1.54, 1.807) is 6.07 Å². The zero-order chi connectivity index (χ0) is 11.0. The number of esters is 1. The molecule has 1 atom stereocenters. The lowest BCUT2D eigenvalue weighted by atomic mass is 10.0. The lowest BCUT2D eigenvalue weighted by molar-refractivity contribution is -0.0934. The monoisotopic (exact) mass is 274 g/mol. The van der Waals surface area contributed by atoms with Gasteiger partial charge in [0.1, 0.15) is 5.82 Å². The highest BCUT2D eigenvalue weighted by atomic mass is 79.9. The quantitative estimate of drug-likeness (QED) is 0.737. The lowest BCUT2D eigenvalue weighted by Gasteiger charge is -2.23. The van der Waals surface area contributed by atoms with Crippen LogP contribution in [0.15, 0.2) is 16.6 Å². The maximum Gasteiger partial charge on any atom is 0.343 e. The van der Waals surface area contributed by atoms with Crippen LogP contribution in [0.3, 0.4) is 0 Å². The number of fused-ring (bicyclic) bond motifs is 1. The summed E-state index contributed by atoms with van der Waals surface area (Å²) in [5.74, 6) is -1.24. The van der Waals surface area contributed by atoms with Crippen molar-refractivity contribution in [3.63, 3.8) is 0 Å². The number of halogens is 2. The van der Waals surface area contributed by atoms with E-state index in [1.807, 2.05) is 0 Å². The van der Waals surface area contributed by atoms with E-state index in [9.17, 15) is 9.18 Å². The minimum Gasteiger partial charge on any atom is -0.432 e. The molecular formula is C10H8BrFO3. The molecule has 0 amide bonds. The minimum atomic E-state index is -0.673. The summed E-state index contributed by atoms with van der Waals surface area (Å²) in [5.41, 5.74) is 0.608. The van der Waals surface area contributed by atoms with Crippen LogP contribution in [0, 0.1) is 5.82 Å². The fourth-order valence-corrected chi connectivity index (χ4v) is 2.02. The standard InChI is InChI=1S/C10H8BrFO3/c1-14-8-3-5-2-6(11)4-7(12)9(5)10(13)15-8/h2,4,8H,3H2,1H3. The first-order valence-corrected chi connectivity index (χ1v) is 5.13. The van der Waals surface area contributed by atoms with Gasteiger partial charge in [-0.05, 0) is 17.7 Å². The molecule has 0 aliphatic carbocycles. The largest absolute Gasteiger partial charge is 0.432 e. The molecule has 0 aromatic heterocycles. The van der Waals surface area contributed by atoms with E-state index in [1.165, 1.54) is 13.2 Å². The van der Waals surface area contributed by atoms with Crippen molar-refractivity contribution in [1.82, 2.24) is 0 Å². The number of benzene rings is 1. The van der Waals surface area contributed by atoms with Crippen LogP contribution in [0.1, 0.15) is 15.9 Å². The molecule has 80 valence electrons. The number of hydrogen-bond acceptors (Lipinski definition) is 3. The number of ether oxygens (including phenoxy) is 2. The highest BCUT2D eigenvalue weighted by Crippen LogP contribution is 2.27. The second kappa shape index (κ2) is 3.90. The Bertz CT molecular complexity index is 419. The molecule has 1 aliphatic heterocycles. The Balaban J connectivity index is 2.50. The van der Waals surface area contributed by atoms with Gasteiger partial charge in [-0.25, -0.2) is 9.18 Å². The summed E-state index contributed by atoms with van der Waals surface area (Å²) in [7, 11) is 1.44. The van der Waals surface area contributed by atoms with Gasteiger partial charge < -0.3 is 9.47 Å². The summed E-state index contributed by atoms with van der Waals surface area (Å²) in [4.78, 5) is 11.4. The van der Waals surface area contributed by atoms with Crippen LogP contribution in [0.25, 0.3) is 0 Å². The Hall–Kier alpha value is -0.940. The molecule has 2 rings (SSSR count). The van der Waals surface area contributed by atoms with Gasteiger partial charge in [-0.15, -0.1) is 0 Å². The number of rotatable bonds is 1. The molecule has 1 aromatic rings. The van der Waals surface area contributed by atoms with Gasteiger partial charge in [0.05, 0.1) is 5.56 Å². The molecule has 1 aliphatic rings. The molecule has 3 nitrogen and oxygen atoms in total. The van der Waals surface area contributed by atoms with Crippen molar-refractivity contribution in [3.8, 4) is 0 Å². The molecule has 1 heterocycles. The van der Waals surface area contributed by atoms with Crippen molar-refractivity contribution in [2.45, 2.75) is 12.7 Å². The summed E-state index contributed by atoms with van der Waals surface area (Å²) >= 11 is 3.17. The summed E-state index contributed by atoms with van der Waals surface area (Å²) < 4.78 is 23.8. The Morgan fingerprint density at radius 2 is 2.33 bits per heavy atom. The number of hydrogen-bond donors (Lipinski definition) is 0. The molecule has 0 fully saturated rings. The SMILES string of the molecule is COC1Cc2cc(Br)cc(F)c2C(=O)O1. The zero-order valence-corrected chi connectivity index (χ0v) is 9.51. The van der Waals surface area contributed by atoms with Crippen LogP contribution in [0.2, 0.25) is 0 Å². The first-order chi connectivity index (χ1) is 7.11. The summed E-state index contributed by atoms with van der Waals surface area (Å²) in [6, 6.07) is 2.94. The number of carbonyl (C=O) groups is 1. The molecule has 5 heteroatoms. The average molecular weight is 275 g/mol. The predicted molar refractivity (Wildman–Crippen MR) is 54.0 cm³/mol. The highest BCUT2D eigenvalue weighted by molar-refractivity contribution is 9.10. The van der Waals surface area contributed by atoms with E-state index >= 15 is 0 Å². The van der Waals surface area contributed by atoms with E-state index in [0.717, 1.165) is 0 Å². The van der Waals surface area contributed by atoms with Crippen molar-refractivity contribution >= 4 is 21.9 Å². The molecule has 0 saturated carbocycles. The fourth-order valence-electron chi connectivity index (χ4n) is 1.55. The van der Waals surface area contributed by atoms with Crippen LogP contribution < -0.4 is 0 Å².